The predicted molar refractivity (Wildman–Crippen MR) is 68.8 cm³/mol. The van der Waals surface area contributed by atoms with Gasteiger partial charge < -0.3 is 14.7 Å². The second kappa shape index (κ2) is 4.98. The smallest absolute Gasteiger partial charge is 0.253 e. The van der Waals surface area contributed by atoms with Crippen molar-refractivity contribution in [2.75, 3.05) is 20.2 Å². The Kier molecular flexibility index (Phi) is 3.57. The van der Waals surface area contributed by atoms with Crippen molar-refractivity contribution in [2.45, 2.75) is 25.4 Å². The van der Waals surface area contributed by atoms with Crippen molar-refractivity contribution < 1.29 is 14.6 Å². The lowest BCUT2D eigenvalue weighted by Crippen LogP contribution is -2.45. The van der Waals surface area contributed by atoms with Crippen LogP contribution in [0.1, 0.15) is 30.1 Å². The van der Waals surface area contributed by atoms with E-state index in [1.165, 1.54) is 0 Å². The molecule has 0 aliphatic carbocycles. The lowest BCUT2D eigenvalue weighted by molar-refractivity contribution is -0.00202. The highest BCUT2D eigenvalue weighted by molar-refractivity contribution is 5.94. The summed E-state index contributed by atoms with van der Waals surface area (Å²) in [4.78, 5) is 14.0. The van der Waals surface area contributed by atoms with Gasteiger partial charge in [0, 0.05) is 18.7 Å². The Labute approximate surface area is 107 Å². The van der Waals surface area contributed by atoms with E-state index in [2.05, 4.69) is 0 Å². The molecule has 1 fully saturated rings. The van der Waals surface area contributed by atoms with Gasteiger partial charge in [-0.05, 0) is 44.0 Å². The van der Waals surface area contributed by atoms with E-state index in [9.17, 15) is 9.90 Å². The highest BCUT2D eigenvalue weighted by Crippen LogP contribution is 2.22. The first kappa shape index (κ1) is 12.9. The van der Waals surface area contributed by atoms with Crippen LogP contribution in [0.4, 0.5) is 0 Å². The van der Waals surface area contributed by atoms with Crippen LogP contribution in [0, 0.1) is 0 Å². The Morgan fingerprint density at radius 2 is 1.83 bits per heavy atom. The third-order valence-electron chi connectivity index (χ3n) is 3.46. The molecule has 0 unspecified atom stereocenters. The average molecular weight is 249 g/mol. The summed E-state index contributed by atoms with van der Waals surface area (Å²) in [6.07, 6.45) is 1.27. The van der Waals surface area contributed by atoms with Crippen molar-refractivity contribution in [3.05, 3.63) is 29.8 Å². The molecule has 1 aromatic rings. The summed E-state index contributed by atoms with van der Waals surface area (Å²) in [7, 11) is 1.60. The molecule has 0 radical (unpaired) electrons. The van der Waals surface area contributed by atoms with Crippen molar-refractivity contribution >= 4 is 5.91 Å². The van der Waals surface area contributed by atoms with Crippen LogP contribution in [0.3, 0.4) is 0 Å². The van der Waals surface area contributed by atoms with Crippen molar-refractivity contribution in [1.29, 1.82) is 0 Å². The first-order valence-corrected chi connectivity index (χ1v) is 6.17. The van der Waals surface area contributed by atoms with Crippen molar-refractivity contribution in [1.82, 2.24) is 4.90 Å². The highest BCUT2D eigenvalue weighted by atomic mass is 16.5. The number of aliphatic hydroxyl groups is 1. The summed E-state index contributed by atoms with van der Waals surface area (Å²) >= 11 is 0. The molecule has 1 saturated heterocycles. The molecule has 0 bridgehead atoms. The number of amides is 1. The third kappa shape index (κ3) is 2.82. The van der Waals surface area contributed by atoms with Crippen LogP contribution in [-0.2, 0) is 0 Å². The summed E-state index contributed by atoms with van der Waals surface area (Å²) in [5.74, 6) is 0.765. The Hall–Kier alpha value is -1.55. The number of methoxy groups -OCH3 is 1. The molecule has 1 heterocycles. The number of piperidine rings is 1. The van der Waals surface area contributed by atoms with Crippen LogP contribution in [0.15, 0.2) is 24.3 Å². The van der Waals surface area contributed by atoms with Crippen LogP contribution in [0.25, 0.3) is 0 Å². The summed E-state index contributed by atoms with van der Waals surface area (Å²) in [5.41, 5.74) is 0.0359. The number of ether oxygens (including phenoxy) is 1. The van der Waals surface area contributed by atoms with E-state index in [1.807, 2.05) is 6.92 Å². The molecule has 4 heteroatoms. The molecule has 1 aromatic carbocycles. The number of likely N-dealkylation sites (tertiary alicyclic amines) is 1. The van der Waals surface area contributed by atoms with E-state index in [1.54, 1.807) is 36.3 Å². The number of carbonyl (C=O) groups is 1. The fourth-order valence-corrected chi connectivity index (χ4v) is 2.11. The maximum Gasteiger partial charge on any atom is 0.253 e. The zero-order valence-electron chi connectivity index (χ0n) is 10.8. The fraction of sp³-hybridized carbons (Fsp3) is 0.500. The van der Waals surface area contributed by atoms with E-state index in [-0.39, 0.29) is 5.91 Å². The molecule has 0 aromatic heterocycles. The first-order valence-electron chi connectivity index (χ1n) is 6.17. The molecular weight excluding hydrogens is 230 g/mol. The zero-order chi connectivity index (χ0) is 13.2. The van der Waals surface area contributed by atoms with Crippen LogP contribution in [0.5, 0.6) is 5.75 Å². The number of nitrogens with zero attached hydrogens (tertiary/aromatic N) is 1. The van der Waals surface area contributed by atoms with Gasteiger partial charge in [-0.3, -0.25) is 4.79 Å². The zero-order valence-corrected chi connectivity index (χ0v) is 10.8. The molecule has 1 amide bonds. The van der Waals surface area contributed by atoms with Crippen LogP contribution in [0.2, 0.25) is 0 Å². The SMILES string of the molecule is COc1ccc(C(=O)N2CCC(C)(O)CC2)cc1. The fourth-order valence-electron chi connectivity index (χ4n) is 2.11. The highest BCUT2D eigenvalue weighted by Gasteiger charge is 2.29. The van der Waals surface area contributed by atoms with Gasteiger partial charge in [-0.25, -0.2) is 0 Å². The van der Waals surface area contributed by atoms with Gasteiger partial charge in [-0.2, -0.15) is 0 Å². The molecule has 0 atom stereocenters. The van der Waals surface area contributed by atoms with Gasteiger partial charge in [0.25, 0.3) is 5.91 Å². The van der Waals surface area contributed by atoms with Gasteiger partial charge in [-0.15, -0.1) is 0 Å². The Balaban J connectivity index is 2.03. The molecule has 1 aliphatic rings. The standard InChI is InChI=1S/C14H19NO3/c1-14(17)7-9-15(10-8-14)13(16)11-3-5-12(18-2)6-4-11/h3-6,17H,7-10H2,1-2H3. The normalized spacial score (nSPS) is 18.5. The van der Waals surface area contributed by atoms with E-state index in [0.717, 1.165) is 5.75 Å². The van der Waals surface area contributed by atoms with Crippen molar-refractivity contribution in [3.63, 3.8) is 0 Å². The topological polar surface area (TPSA) is 49.8 Å². The minimum Gasteiger partial charge on any atom is -0.497 e. The second-order valence-electron chi connectivity index (χ2n) is 5.02. The van der Waals surface area contributed by atoms with Crippen LogP contribution >= 0.6 is 0 Å². The molecule has 18 heavy (non-hydrogen) atoms. The monoisotopic (exact) mass is 249 g/mol. The van der Waals surface area contributed by atoms with E-state index >= 15 is 0 Å². The van der Waals surface area contributed by atoms with Gasteiger partial charge in [0.15, 0.2) is 0 Å². The Morgan fingerprint density at radius 3 is 2.33 bits per heavy atom. The molecule has 1 aliphatic heterocycles. The van der Waals surface area contributed by atoms with Crippen LogP contribution < -0.4 is 4.74 Å². The van der Waals surface area contributed by atoms with Gasteiger partial charge in [0.1, 0.15) is 5.75 Å². The Bertz CT molecular complexity index is 415. The molecule has 98 valence electrons. The number of carbonyl (C=O) groups excluding carboxylic acids is 1. The Morgan fingerprint density at radius 1 is 1.28 bits per heavy atom. The summed E-state index contributed by atoms with van der Waals surface area (Å²) in [6.45, 7) is 3.04. The molecule has 4 nitrogen and oxygen atoms in total. The van der Waals surface area contributed by atoms with Gasteiger partial charge >= 0.3 is 0 Å². The molecule has 0 saturated carbocycles. The van der Waals surface area contributed by atoms with Crippen molar-refractivity contribution in [2.24, 2.45) is 0 Å². The largest absolute Gasteiger partial charge is 0.497 e. The molecule has 0 spiro atoms. The molecule has 1 N–H and O–H groups in total. The minimum atomic E-state index is -0.628. The quantitative estimate of drug-likeness (QED) is 0.867. The number of hydrogen-bond acceptors (Lipinski definition) is 3. The third-order valence-corrected chi connectivity index (χ3v) is 3.46. The molecular formula is C14H19NO3. The van der Waals surface area contributed by atoms with E-state index < -0.39 is 5.60 Å². The van der Waals surface area contributed by atoms with Gasteiger partial charge in [-0.1, -0.05) is 0 Å². The van der Waals surface area contributed by atoms with Crippen LogP contribution in [-0.4, -0.2) is 41.7 Å². The lowest BCUT2D eigenvalue weighted by atomic mass is 9.93. The number of hydrogen-bond donors (Lipinski definition) is 1. The van der Waals surface area contributed by atoms with E-state index in [0.29, 0.717) is 31.5 Å². The van der Waals surface area contributed by atoms with Gasteiger partial charge in [0.2, 0.25) is 0 Å². The number of rotatable bonds is 2. The van der Waals surface area contributed by atoms with Gasteiger partial charge in [0.05, 0.1) is 12.7 Å². The summed E-state index contributed by atoms with van der Waals surface area (Å²) in [6, 6.07) is 7.11. The minimum absolute atomic E-state index is 0.0214. The first-order chi connectivity index (χ1) is 8.52. The molecule has 2 rings (SSSR count). The average Bonchev–Trinajstić information content (AvgIpc) is 2.38. The summed E-state index contributed by atoms with van der Waals surface area (Å²) in [5, 5.41) is 9.86. The predicted octanol–water partition coefficient (Wildman–Crippen LogP) is 1.68. The number of benzene rings is 1. The van der Waals surface area contributed by atoms with Crippen molar-refractivity contribution in [3.8, 4) is 5.75 Å². The maximum atomic E-state index is 12.2. The maximum absolute atomic E-state index is 12.2. The lowest BCUT2D eigenvalue weighted by Gasteiger charge is -2.35. The second-order valence-corrected chi connectivity index (χ2v) is 5.02. The summed E-state index contributed by atoms with van der Waals surface area (Å²) < 4.78 is 5.06. The van der Waals surface area contributed by atoms with E-state index in [4.69, 9.17) is 4.74 Å².